The van der Waals surface area contributed by atoms with Crippen LogP contribution in [0.2, 0.25) is 0 Å². The summed E-state index contributed by atoms with van der Waals surface area (Å²) in [5.41, 5.74) is 0. The van der Waals surface area contributed by atoms with E-state index in [4.69, 9.17) is 0 Å². The predicted molar refractivity (Wildman–Crippen MR) is 48.8 cm³/mol. The van der Waals surface area contributed by atoms with Gasteiger partial charge in [0.15, 0.2) is 0 Å². The van der Waals surface area contributed by atoms with Crippen molar-refractivity contribution in [1.82, 2.24) is 9.80 Å². The van der Waals surface area contributed by atoms with Gasteiger partial charge in [-0.1, -0.05) is 0 Å². The Morgan fingerprint density at radius 2 is 2.00 bits per heavy atom. The summed E-state index contributed by atoms with van der Waals surface area (Å²) in [6.45, 7) is 3.57. The van der Waals surface area contributed by atoms with Gasteiger partial charge >= 0.3 is 0 Å². The molecular weight excluding hydrogens is 136 g/mol. The normalized spacial score (nSPS) is 34.6. The fourth-order valence-electron chi connectivity index (χ4n) is 1.73. The molecule has 1 rings (SSSR count). The van der Waals surface area contributed by atoms with Crippen molar-refractivity contribution in [3.05, 3.63) is 0 Å². The van der Waals surface area contributed by atoms with E-state index in [2.05, 4.69) is 37.9 Å². The van der Waals surface area contributed by atoms with E-state index in [1.807, 2.05) is 0 Å². The molecule has 0 spiro atoms. The average molecular weight is 156 g/mol. The molecule has 1 aliphatic rings. The van der Waals surface area contributed by atoms with Crippen LogP contribution in [0.25, 0.3) is 0 Å². The van der Waals surface area contributed by atoms with Gasteiger partial charge in [0.25, 0.3) is 0 Å². The van der Waals surface area contributed by atoms with Crippen LogP contribution in [0.3, 0.4) is 0 Å². The van der Waals surface area contributed by atoms with E-state index in [-0.39, 0.29) is 0 Å². The SMILES string of the molecule is C[C@@H]1CC(N(C)C)CCN1C. The summed E-state index contributed by atoms with van der Waals surface area (Å²) < 4.78 is 0. The van der Waals surface area contributed by atoms with Gasteiger partial charge in [0.1, 0.15) is 0 Å². The molecule has 2 nitrogen and oxygen atoms in total. The summed E-state index contributed by atoms with van der Waals surface area (Å²) >= 11 is 0. The summed E-state index contributed by atoms with van der Waals surface area (Å²) in [6.07, 6.45) is 2.65. The van der Waals surface area contributed by atoms with Crippen molar-refractivity contribution in [2.75, 3.05) is 27.7 Å². The highest BCUT2D eigenvalue weighted by molar-refractivity contribution is 4.80. The molecule has 11 heavy (non-hydrogen) atoms. The third-order valence-corrected chi connectivity index (χ3v) is 2.91. The van der Waals surface area contributed by atoms with Crippen molar-refractivity contribution in [3.8, 4) is 0 Å². The lowest BCUT2D eigenvalue weighted by molar-refractivity contribution is 0.120. The standard InChI is InChI=1S/C9H20N2/c1-8-7-9(10(2)3)5-6-11(8)4/h8-9H,5-7H2,1-4H3/t8-,9?/m1/s1. The molecule has 2 atom stereocenters. The van der Waals surface area contributed by atoms with Gasteiger partial charge in [-0.15, -0.1) is 0 Å². The average Bonchev–Trinajstić information content (AvgIpc) is 1.94. The zero-order valence-electron chi connectivity index (χ0n) is 8.17. The molecule has 1 heterocycles. The third-order valence-electron chi connectivity index (χ3n) is 2.91. The molecule has 66 valence electrons. The monoisotopic (exact) mass is 156 g/mol. The van der Waals surface area contributed by atoms with Crippen molar-refractivity contribution in [1.29, 1.82) is 0 Å². The molecule has 0 aliphatic carbocycles. The summed E-state index contributed by atoms with van der Waals surface area (Å²) in [5.74, 6) is 0. The van der Waals surface area contributed by atoms with E-state index in [0.29, 0.717) is 0 Å². The number of hydrogen-bond donors (Lipinski definition) is 0. The highest BCUT2D eigenvalue weighted by atomic mass is 15.2. The molecule has 0 aromatic carbocycles. The van der Waals surface area contributed by atoms with Crippen LogP contribution in [0.15, 0.2) is 0 Å². The Kier molecular flexibility index (Phi) is 2.90. The van der Waals surface area contributed by atoms with Crippen LogP contribution >= 0.6 is 0 Å². The molecule has 0 aromatic rings. The largest absolute Gasteiger partial charge is 0.306 e. The van der Waals surface area contributed by atoms with Crippen LogP contribution in [-0.2, 0) is 0 Å². The quantitative estimate of drug-likeness (QED) is 0.559. The molecule has 0 N–H and O–H groups in total. The number of hydrogen-bond acceptors (Lipinski definition) is 2. The summed E-state index contributed by atoms with van der Waals surface area (Å²) in [5, 5.41) is 0. The number of piperidine rings is 1. The molecule has 1 saturated heterocycles. The Bertz CT molecular complexity index is 123. The molecule has 1 fully saturated rings. The molecule has 0 bridgehead atoms. The lowest BCUT2D eigenvalue weighted by atomic mass is 9.98. The number of nitrogens with zero attached hydrogens (tertiary/aromatic N) is 2. The van der Waals surface area contributed by atoms with Crippen molar-refractivity contribution in [2.24, 2.45) is 0 Å². The maximum Gasteiger partial charge on any atom is 0.0116 e. The maximum atomic E-state index is 2.44. The van der Waals surface area contributed by atoms with Crippen LogP contribution in [0.4, 0.5) is 0 Å². The third kappa shape index (κ3) is 2.17. The van der Waals surface area contributed by atoms with Gasteiger partial charge in [-0.3, -0.25) is 0 Å². The molecule has 0 radical (unpaired) electrons. The van der Waals surface area contributed by atoms with Gasteiger partial charge < -0.3 is 9.80 Å². The van der Waals surface area contributed by atoms with Gasteiger partial charge in [0.05, 0.1) is 0 Å². The maximum absolute atomic E-state index is 2.44. The van der Waals surface area contributed by atoms with Gasteiger partial charge in [-0.2, -0.15) is 0 Å². The first-order valence-corrected chi connectivity index (χ1v) is 4.48. The fourth-order valence-corrected chi connectivity index (χ4v) is 1.73. The summed E-state index contributed by atoms with van der Waals surface area (Å²) in [4.78, 5) is 4.80. The van der Waals surface area contributed by atoms with Gasteiger partial charge in [-0.25, -0.2) is 0 Å². The first-order valence-electron chi connectivity index (χ1n) is 4.48. The predicted octanol–water partition coefficient (Wildman–Crippen LogP) is 1.03. The Hall–Kier alpha value is -0.0800. The zero-order valence-corrected chi connectivity index (χ0v) is 8.17. The molecule has 1 aliphatic heterocycles. The first kappa shape index (κ1) is 9.01. The van der Waals surface area contributed by atoms with E-state index in [9.17, 15) is 0 Å². The van der Waals surface area contributed by atoms with Crippen LogP contribution in [0.5, 0.6) is 0 Å². The van der Waals surface area contributed by atoms with Gasteiger partial charge in [-0.05, 0) is 47.5 Å². The zero-order chi connectivity index (χ0) is 8.43. The minimum Gasteiger partial charge on any atom is -0.306 e. The van der Waals surface area contributed by atoms with E-state index >= 15 is 0 Å². The molecule has 0 aromatic heterocycles. The van der Waals surface area contributed by atoms with Gasteiger partial charge in [0, 0.05) is 12.1 Å². The fraction of sp³-hybridized carbons (Fsp3) is 1.00. The Labute approximate surface area is 70.2 Å². The second-order valence-electron chi connectivity index (χ2n) is 3.97. The summed E-state index contributed by atoms with van der Waals surface area (Å²) in [6, 6.07) is 1.57. The van der Waals surface area contributed by atoms with Crippen molar-refractivity contribution >= 4 is 0 Å². The molecular formula is C9H20N2. The molecule has 2 heteroatoms. The van der Waals surface area contributed by atoms with E-state index < -0.39 is 0 Å². The van der Waals surface area contributed by atoms with E-state index in [1.54, 1.807) is 0 Å². The van der Waals surface area contributed by atoms with Crippen LogP contribution < -0.4 is 0 Å². The summed E-state index contributed by atoms with van der Waals surface area (Å²) in [7, 11) is 6.59. The van der Waals surface area contributed by atoms with Crippen LogP contribution in [0.1, 0.15) is 19.8 Å². The smallest absolute Gasteiger partial charge is 0.0116 e. The first-order chi connectivity index (χ1) is 5.11. The highest BCUT2D eigenvalue weighted by Gasteiger charge is 2.23. The topological polar surface area (TPSA) is 6.48 Å². The number of likely N-dealkylation sites (tertiary alicyclic amines) is 1. The van der Waals surface area contributed by atoms with Gasteiger partial charge in [0.2, 0.25) is 0 Å². The van der Waals surface area contributed by atoms with Crippen molar-refractivity contribution < 1.29 is 0 Å². The van der Waals surface area contributed by atoms with Crippen LogP contribution in [-0.4, -0.2) is 49.6 Å². The molecule has 0 amide bonds. The number of rotatable bonds is 1. The van der Waals surface area contributed by atoms with Crippen molar-refractivity contribution in [3.63, 3.8) is 0 Å². The molecule has 1 unspecified atom stereocenters. The van der Waals surface area contributed by atoms with E-state index in [1.165, 1.54) is 19.4 Å². The Morgan fingerprint density at radius 3 is 2.45 bits per heavy atom. The second-order valence-corrected chi connectivity index (χ2v) is 3.97. The molecule has 0 saturated carbocycles. The lowest BCUT2D eigenvalue weighted by Gasteiger charge is -2.37. The van der Waals surface area contributed by atoms with Crippen molar-refractivity contribution in [2.45, 2.75) is 31.8 Å². The minimum atomic E-state index is 0.760. The lowest BCUT2D eigenvalue weighted by Crippen LogP contribution is -2.45. The highest BCUT2D eigenvalue weighted by Crippen LogP contribution is 2.17. The minimum absolute atomic E-state index is 0.760. The Morgan fingerprint density at radius 1 is 1.36 bits per heavy atom. The second kappa shape index (κ2) is 3.55. The Balaban J connectivity index is 2.40. The van der Waals surface area contributed by atoms with E-state index in [0.717, 1.165) is 12.1 Å². The van der Waals surface area contributed by atoms with Crippen LogP contribution in [0, 0.1) is 0 Å².